The summed E-state index contributed by atoms with van der Waals surface area (Å²) in [5.74, 6) is 0.410. The molecule has 0 spiro atoms. The van der Waals surface area contributed by atoms with Gasteiger partial charge in [0.1, 0.15) is 19.6 Å². The largest absolute Gasteiger partial charge is 0.506 e. The Hall–Kier alpha value is 0.177. The van der Waals surface area contributed by atoms with Crippen molar-refractivity contribution in [2.24, 2.45) is 0 Å². The van der Waals surface area contributed by atoms with Crippen LogP contribution >= 0.6 is 63.7 Å². The molecular weight excluding hydrogens is 548 g/mol. The van der Waals surface area contributed by atoms with E-state index in [0.717, 1.165) is 0 Å². The maximum Gasteiger partial charge on any atom is 0.143 e. The molecule has 2 aromatic carbocycles. The molecule has 0 aliphatic carbocycles. The molecule has 2 N–H and O–H groups in total. The zero-order valence-corrected chi connectivity index (χ0v) is 18.6. The lowest BCUT2D eigenvalue weighted by Crippen LogP contribution is -2.53. The summed E-state index contributed by atoms with van der Waals surface area (Å²) in [6, 6.07) is 7.84. The third kappa shape index (κ3) is 3.42. The fourth-order valence-corrected chi connectivity index (χ4v) is 7.59. The second-order valence-corrected chi connectivity index (χ2v) is 13.0. The minimum atomic E-state index is -1.97. The Bertz CT molecular complexity index is 611. The highest BCUT2D eigenvalue weighted by molar-refractivity contribution is 9.11. The van der Waals surface area contributed by atoms with Crippen LogP contribution in [0.2, 0.25) is 13.1 Å². The second-order valence-electron chi connectivity index (χ2n) is 5.20. The van der Waals surface area contributed by atoms with E-state index in [4.69, 9.17) is 0 Å². The van der Waals surface area contributed by atoms with Gasteiger partial charge in [-0.2, -0.15) is 0 Å². The molecule has 2 rings (SSSR count). The molecule has 0 aliphatic rings. The Balaban J connectivity index is 2.61. The van der Waals surface area contributed by atoms with Gasteiger partial charge in [0, 0.05) is 0 Å². The normalized spacial score (nSPS) is 11.7. The highest BCUT2D eigenvalue weighted by Gasteiger charge is 2.29. The van der Waals surface area contributed by atoms with Gasteiger partial charge in [-0.1, -0.05) is 23.5 Å². The second kappa shape index (κ2) is 6.35. The van der Waals surface area contributed by atoms with Gasteiger partial charge in [0.15, 0.2) is 0 Å². The summed E-state index contributed by atoms with van der Waals surface area (Å²) < 4.78 is 2.68. The highest BCUT2D eigenvalue weighted by atomic mass is 79.9. The average Bonchev–Trinajstić information content (AvgIpc) is 2.40. The summed E-state index contributed by atoms with van der Waals surface area (Å²) in [7, 11) is -1.97. The third-order valence-electron chi connectivity index (χ3n) is 3.48. The molecule has 112 valence electrons. The van der Waals surface area contributed by atoms with Crippen molar-refractivity contribution in [2.75, 3.05) is 0 Å². The molecule has 7 heteroatoms. The predicted molar refractivity (Wildman–Crippen MR) is 104 cm³/mol. The summed E-state index contributed by atoms with van der Waals surface area (Å²) in [5, 5.41) is 22.1. The topological polar surface area (TPSA) is 40.5 Å². The maximum atomic E-state index is 9.87. The molecule has 0 amide bonds. The van der Waals surface area contributed by atoms with Crippen LogP contribution in [0, 0.1) is 0 Å². The van der Waals surface area contributed by atoms with Crippen LogP contribution in [0.1, 0.15) is 0 Å². The molecule has 21 heavy (non-hydrogen) atoms. The number of hydrogen-bond acceptors (Lipinski definition) is 2. The number of phenolic OH excluding ortho intramolecular Hbond substituents is 2. The molecule has 0 heterocycles. The zero-order chi connectivity index (χ0) is 15.9. The Morgan fingerprint density at radius 2 is 0.905 bits per heavy atom. The van der Waals surface area contributed by atoms with Gasteiger partial charge >= 0.3 is 0 Å². The predicted octanol–water partition coefficient (Wildman–Crippen LogP) is 4.97. The quantitative estimate of drug-likeness (QED) is 0.510. The molecule has 0 fully saturated rings. The van der Waals surface area contributed by atoms with E-state index >= 15 is 0 Å². The molecule has 0 atom stereocenters. The van der Waals surface area contributed by atoms with Crippen molar-refractivity contribution in [2.45, 2.75) is 13.1 Å². The monoisotopic (exact) mass is 556 g/mol. The van der Waals surface area contributed by atoms with Gasteiger partial charge in [-0.3, -0.25) is 0 Å². The van der Waals surface area contributed by atoms with Gasteiger partial charge in [0.25, 0.3) is 0 Å². The van der Waals surface area contributed by atoms with Crippen molar-refractivity contribution >= 4 is 82.2 Å². The van der Waals surface area contributed by atoms with Gasteiger partial charge in [-0.05, 0) is 88.0 Å². The Morgan fingerprint density at radius 1 is 0.667 bits per heavy atom. The summed E-state index contributed by atoms with van der Waals surface area (Å²) in [6.07, 6.45) is 0. The van der Waals surface area contributed by atoms with E-state index in [2.05, 4.69) is 76.8 Å². The van der Waals surface area contributed by atoms with Crippen LogP contribution in [-0.2, 0) is 0 Å². The fraction of sp³-hybridized carbons (Fsp3) is 0.143. The smallest absolute Gasteiger partial charge is 0.143 e. The van der Waals surface area contributed by atoms with Crippen LogP contribution in [0.4, 0.5) is 0 Å². The zero-order valence-electron chi connectivity index (χ0n) is 11.2. The first kappa shape index (κ1) is 17.5. The Labute approximate surface area is 158 Å². The molecule has 2 nitrogen and oxygen atoms in total. The number of halogens is 4. The molecule has 0 saturated carbocycles. The van der Waals surface area contributed by atoms with Crippen LogP contribution in [0.25, 0.3) is 0 Å². The van der Waals surface area contributed by atoms with Gasteiger partial charge in [-0.25, -0.2) is 0 Å². The van der Waals surface area contributed by atoms with Crippen LogP contribution in [0.5, 0.6) is 11.5 Å². The van der Waals surface area contributed by atoms with Crippen molar-refractivity contribution in [1.82, 2.24) is 0 Å². The van der Waals surface area contributed by atoms with Gasteiger partial charge < -0.3 is 10.2 Å². The van der Waals surface area contributed by atoms with Crippen molar-refractivity contribution < 1.29 is 10.2 Å². The van der Waals surface area contributed by atoms with Gasteiger partial charge in [-0.15, -0.1) is 0 Å². The summed E-state index contributed by atoms with van der Waals surface area (Å²) in [5.41, 5.74) is 0. The molecule has 0 bridgehead atoms. The van der Waals surface area contributed by atoms with Crippen molar-refractivity contribution in [3.05, 3.63) is 42.2 Å². The Morgan fingerprint density at radius 3 is 1.14 bits per heavy atom. The minimum Gasteiger partial charge on any atom is -0.506 e. The number of phenols is 2. The molecule has 0 aliphatic heterocycles. The molecule has 0 aromatic heterocycles. The molecule has 0 radical (unpaired) electrons. The molecule has 0 saturated heterocycles. The van der Waals surface area contributed by atoms with E-state index in [1.165, 1.54) is 10.4 Å². The van der Waals surface area contributed by atoms with E-state index < -0.39 is 8.07 Å². The summed E-state index contributed by atoms with van der Waals surface area (Å²) in [6.45, 7) is 4.45. The van der Waals surface area contributed by atoms with Gasteiger partial charge in [0.2, 0.25) is 0 Å². The lowest BCUT2D eigenvalue weighted by Gasteiger charge is -2.25. The number of rotatable bonds is 2. The SMILES string of the molecule is C[Si](C)(c1cc(Br)c(O)c(Br)c1)c1cc(Br)c(O)c(Br)c1. The van der Waals surface area contributed by atoms with E-state index in [1.807, 2.05) is 24.3 Å². The molecule has 0 unspecified atom stereocenters. The maximum absolute atomic E-state index is 9.87. The first-order chi connectivity index (χ1) is 9.64. The van der Waals surface area contributed by atoms with Crippen LogP contribution in [0.15, 0.2) is 42.2 Å². The first-order valence-electron chi connectivity index (χ1n) is 6.01. The number of benzene rings is 2. The Kier molecular flexibility index (Phi) is 5.30. The third-order valence-corrected chi connectivity index (χ3v) is 9.36. The number of aromatic hydroxyl groups is 2. The van der Waals surface area contributed by atoms with Crippen molar-refractivity contribution in [3.8, 4) is 11.5 Å². The highest BCUT2D eigenvalue weighted by Crippen LogP contribution is 2.33. The lowest BCUT2D eigenvalue weighted by molar-refractivity contribution is 0.468. The van der Waals surface area contributed by atoms with Crippen LogP contribution in [-0.4, -0.2) is 18.3 Å². The van der Waals surface area contributed by atoms with Crippen LogP contribution < -0.4 is 10.4 Å². The van der Waals surface area contributed by atoms with E-state index in [1.54, 1.807) is 0 Å². The molecule has 2 aromatic rings. The minimum absolute atomic E-state index is 0.205. The van der Waals surface area contributed by atoms with E-state index in [-0.39, 0.29) is 11.5 Å². The summed E-state index contributed by atoms with van der Waals surface area (Å²) in [4.78, 5) is 0. The van der Waals surface area contributed by atoms with E-state index in [9.17, 15) is 10.2 Å². The lowest BCUT2D eigenvalue weighted by atomic mass is 10.3. The van der Waals surface area contributed by atoms with Crippen LogP contribution in [0.3, 0.4) is 0 Å². The fourth-order valence-electron chi connectivity index (χ4n) is 2.02. The van der Waals surface area contributed by atoms with Gasteiger partial charge in [0.05, 0.1) is 17.9 Å². The summed E-state index contributed by atoms with van der Waals surface area (Å²) >= 11 is 13.5. The van der Waals surface area contributed by atoms with E-state index in [0.29, 0.717) is 17.9 Å². The average molecular weight is 560 g/mol. The molecular formula is C14H12Br4O2Si. The standard InChI is InChI=1S/C14H12Br4O2Si/c1-21(2,7-3-9(15)13(19)10(16)4-7)8-5-11(17)14(20)12(18)6-8/h3-6,19-20H,1-2H3. The first-order valence-corrected chi connectivity index (χ1v) is 12.2. The van der Waals surface area contributed by atoms with Crippen molar-refractivity contribution in [1.29, 1.82) is 0 Å². The number of hydrogen-bond donors (Lipinski definition) is 2. The van der Waals surface area contributed by atoms with Crippen molar-refractivity contribution in [3.63, 3.8) is 0 Å².